The summed E-state index contributed by atoms with van der Waals surface area (Å²) in [4.78, 5) is 14.0. The van der Waals surface area contributed by atoms with Gasteiger partial charge in [-0.1, -0.05) is 5.16 Å². The number of aliphatic hydroxyl groups excluding tert-OH is 1. The quantitative estimate of drug-likeness (QED) is 0.913. The van der Waals surface area contributed by atoms with Gasteiger partial charge in [0.2, 0.25) is 5.76 Å². The van der Waals surface area contributed by atoms with Crippen LogP contribution < -0.4 is 0 Å². The topological polar surface area (TPSA) is 88.9 Å². The van der Waals surface area contributed by atoms with E-state index in [2.05, 4.69) is 5.16 Å². The van der Waals surface area contributed by atoms with Crippen molar-refractivity contribution < 1.29 is 23.6 Å². The Morgan fingerprint density at radius 2 is 2.33 bits per heavy atom. The molecule has 1 aliphatic heterocycles. The standard InChI is InChI=1S/C14H16N2O5/c1-9-6-16(7-10(8-17)20-9)14(18)11-5-13(21-15-11)12-3-2-4-19-12/h2-5,9-10,17H,6-8H2,1H3. The summed E-state index contributed by atoms with van der Waals surface area (Å²) < 4.78 is 15.8. The third-order valence-electron chi connectivity index (χ3n) is 3.31. The van der Waals surface area contributed by atoms with Crippen LogP contribution in [-0.2, 0) is 4.74 Å². The summed E-state index contributed by atoms with van der Waals surface area (Å²) in [5, 5.41) is 13.0. The lowest BCUT2D eigenvalue weighted by Gasteiger charge is -2.35. The molecule has 1 saturated heterocycles. The first-order valence-corrected chi connectivity index (χ1v) is 6.73. The van der Waals surface area contributed by atoms with Crippen molar-refractivity contribution in [2.75, 3.05) is 19.7 Å². The number of aromatic nitrogens is 1. The van der Waals surface area contributed by atoms with Crippen LogP contribution >= 0.6 is 0 Å². The summed E-state index contributed by atoms with van der Waals surface area (Å²) in [6.45, 7) is 2.53. The lowest BCUT2D eigenvalue weighted by atomic mass is 10.2. The van der Waals surface area contributed by atoms with Crippen LogP contribution in [0.4, 0.5) is 0 Å². The number of carbonyl (C=O) groups excluding carboxylic acids is 1. The van der Waals surface area contributed by atoms with E-state index in [1.54, 1.807) is 23.1 Å². The smallest absolute Gasteiger partial charge is 0.276 e. The van der Waals surface area contributed by atoms with Gasteiger partial charge < -0.3 is 23.7 Å². The van der Waals surface area contributed by atoms with Gasteiger partial charge in [-0.15, -0.1) is 0 Å². The number of morpholine rings is 1. The zero-order valence-electron chi connectivity index (χ0n) is 11.6. The predicted octanol–water partition coefficient (Wildman–Crippen LogP) is 1.16. The van der Waals surface area contributed by atoms with Crippen molar-refractivity contribution in [1.29, 1.82) is 0 Å². The molecule has 21 heavy (non-hydrogen) atoms. The molecule has 0 aromatic carbocycles. The maximum atomic E-state index is 12.4. The summed E-state index contributed by atoms with van der Waals surface area (Å²) in [5.41, 5.74) is 0.215. The Hall–Kier alpha value is -2.12. The van der Waals surface area contributed by atoms with Crippen molar-refractivity contribution in [1.82, 2.24) is 10.1 Å². The minimum Gasteiger partial charge on any atom is -0.461 e. The Labute approximate surface area is 121 Å². The Balaban J connectivity index is 1.76. The Bertz CT molecular complexity index is 607. The highest BCUT2D eigenvalue weighted by molar-refractivity contribution is 5.93. The lowest BCUT2D eigenvalue weighted by Crippen LogP contribution is -2.50. The SMILES string of the molecule is CC1CN(C(=O)c2cc(-c3ccco3)on2)CC(CO)O1. The van der Waals surface area contributed by atoms with Crippen molar-refractivity contribution in [2.24, 2.45) is 0 Å². The largest absolute Gasteiger partial charge is 0.461 e. The van der Waals surface area contributed by atoms with Gasteiger partial charge in [0, 0.05) is 19.2 Å². The fraction of sp³-hybridized carbons (Fsp3) is 0.429. The fourth-order valence-electron chi connectivity index (χ4n) is 2.38. The van der Waals surface area contributed by atoms with Crippen LogP contribution in [0.3, 0.4) is 0 Å². The highest BCUT2D eigenvalue weighted by Crippen LogP contribution is 2.22. The van der Waals surface area contributed by atoms with Crippen molar-refractivity contribution in [2.45, 2.75) is 19.1 Å². The maximum absolute atomic E-state index is 12.4. The first kappa shape index (κ1) is 13.8. The molecule has 1 aliphatic rings. The molecule has 1 amide bonds. The first-order valence-electron chi connectivity index (χ1n) is 6.73. The highest BCUT2D eigenvalue weighted by atomic mass is 16.5. The molecule has 7 heteroatoms. The number of hydrogen-bond acceptors (Lipinski definition) is 6. The summed E-state index contributed by atoms with van der Waals surface area (Å²) >= 11 is 0. The lowest BCUT2D eigenvalue weighted by molar-refractivity contribution is -0.0860. The minimum absolute atomic E-state index is 0.120. The summed E-state index contributed by atoms with van der Waals surface area (Å²) in [7, 11) is 0. The molecule has 2 unspecified atom stereocenters. The summed E-state index contributed by atoms with van der Waals surface area (Å²) in [5.74, 6) is 0.679. The van der Waals surface area contributed by atoms with E-state index in [-0.39, 0.29) is 30.4 Å². The monoisotopic (exact) mass is 292 g/mol. The zero-order valence-corrected chi connectivity index (χ0v) is 11.6. The van der Waals surface area contributed by atoms with Gasteiger partial charge in [0.15, 0.2) is 11.5 Å². The second kappa shape index (κ2) is 5.71. The van der Waals surface area contributed by atoms with Crippen molar-refractivity contribution in [3.8, 4) is 11.5 Å². The van der Waals surface area contributed by atoms with Gasteiger partial charge in [0.1, 0.15) is 0 Å². The minimum atomic E-state index is -0.367. The molecule has 0 bridgehead atoms. The Morgan fingerprint density at radius 1 is 1.48 bits per heavy atom. The van der Waals surface area contributed by atoms with E-state index in [9.17, 15) is 9.90 Å². The second-order valence-corrected chi connectivity index (χ2v) is 5.02. The number of aliphatic hydroxyl groups is 1. The average molecular weight is 292 g/mol. The molecule has 2 atom stereocenters. The van der Waals surface area contributed by atoms with Crippen molar-refractivity contribution in [3.63, 3.8) is 0 Å². The second-order valence-electron chi connectivity index (χ2n) is 5.02. The number of furan rings is 1. The first-order chi connectivity index (χ1) is 10.2. The van der Waals surface area contributed by atoms with Crippen LogP contribution in [-0.4, -0.2) is 53.0 Å². The van der Waals surface area contributed by atoms with Crippen LogP contribution in [0.2, 0.25) is 0 Å². The average Bonchev–Trinajstić information content (AvgIpc) is 3.16. The third kappa shape index (κ3) is 2.84. The number of hydrogen-bond donors (Lipinski definition) is 1. The van der Waals surface area contributed by atoms with E-state index in [1.807, 2.05) is 6.92 Å². The van der Waals surface area contributed by atoms with E-state index < -0.39 is 0 Å². The van der Waals surface area contributed by atoms with Gasteiger partial charge in [-0.05, 0) is 19.1 Å². The molecule has 7 nitrogen and oxygen atoms in total. The van der Waals surface area contributed by atoms with E-state index >= 15 is 0 Å². The number of carbonyl (C=O) groups is 1. The summed E-state index contributed by atoms with van der Waals surface area (Å²) in [6.07, 6.45) is 1.03. The van der Waals surface area contributed by atoms with Crippen LogP contribution in [0.5, 0.6) is 0 Å². The van der Waals surface area contributed by atoms with Crippen molar-refractivity contribution >= 4 is 5.91 Å². The van der Waals surface area contributed by atoms with Gasteiger partial charge >= 0.3 is 0 Å². The number of ether oxygens (including phenoxy) is 1. The zero-order chi connectivity index (χ0) is 14.8. The highest BCUT2D eigenvalue weighted by Gasteiger charge is 2.30. The Morgan fingerprint density at radius 3 is 3.05 bits per heavy atom. The molecule has 1 fully saturated rings. The molecule has 2 aromatic rings. The normalized spacial score (nSPS) is 22.5. The van der Waals surface area contributed by atoms with E-state index in [0.717, 1.165) is 0 Å². The number of rotatable bonds is 3. The van der Waals surface area contributed by atoms with E-state index in [0.29, 0.717) is 24.6 Å². The summed E-state index contributed by atoms with van der Waals surface area (Å²) in [6, 6.07) is 5.01. The number of nitrogens with zero attached hydrogens (tertiary/aromatic N) is 2. The molecular formula is C14H16N2O5. The number of amides is 1. The van der Waals surface area contributed by atoms with Gasteiger partial charge in [0.25, 0.3) is 5.91 Å². The molecule has 0 radical (unpaired) electrons. The van der Waals surface area contributed by atoms with Gasteiger partial charge in [-0.2, -0.15) is 0 Å². The van der Waals surface area contributed by atoms with Gasteiger partial charge in [-0.25, -0.2) is 0 Å². The van der Waals surface area contributed by atoms with Crippen molar-refractivity contribution in [3.05, 3.63) is 30.2 Å². The van der Waals surface area contributed by atoms with Crippen LogP contribution in [0.1, 0.15) is 17.4 Å². The van der Waals surface area contributed by atoms with Gasteiger partial charge in [-0.3, -0.25) is 4.79 Å². The Kier molecular flexibility index (Phi) is 3.76. The fourth-order valence-corrected chi connectivity index (χ4v) is 2.38. The molecule has 0 aliphatic carbocycles. The molecule has 112 valence electrons. The molecule has 2 aromatic heterocycles. The molecular weight excluding hydrogens is 276 g/mol. The van der Waals surface area contributed by atoms with E-state index in [4.69, 9.17) is 13.7 Å². The third-order valence-corrected chi connectivity index (χ3v) is 3.31. The predicted molar refractivity (Wildman–Crippen MR) is 71.5 cm³/mol. The molecule has 3 rings (SSSR count). The maximum Gasteiger partial charge on any atom is 0.276 e. The van der Waals surface area contributed by atoms with Gasteiger partial charge in [0.05, 0.1) is 25.1 Å². The van der Waals surface area contributed by atoms with Crippen LogP contribution in [0.25, 0.3) is 11.5 Å². The van der Waals surface area contributed by atoms with Crippen LogP contribution in [0.15, 0.2) is 33.4 Å². The molecule has 1 N–H and O–H groups in total. The molecule has 3 heterocycles. The van der Waals surface area contributed by atoms with E-state index in [1.165, 1.54) is 6.26 Å². The van der Waals surface area contributed by atoms with Crippen LogP contribution in [0, 0.1) is 0 Å². The molecule has 0 saturated carbocycles. The molecule has 0 spiro atoms.